The Labute approximate surface area is 220 Å². The van der Waals surface area contributed by atoms with Crippen molar-refractivity contribution in [3.63, 3.8) is 0 Å². The van der Waals surface area contributed by atoms with Crippen molar-refractivity contribution in [2.45, 2.75) is 32.0 Å². The van der Waals surface area contributed by atoms with E-state index in [0.717, 1.165) is 50.4 Å². The van der Waals surface area contributed by atoms with Crippen LogP contribution in [0.25, 0.3) is 16.9 Å². The number of nitrogens with one attached hydrogen (secondary N) is 1. The number of aliphatic hydroxyl groups excluding tert-OH is 1. The number of hydrogen-bond acceptors (Lipinski definition) is 8. The molecular weight excluding hydrogens is 480 g/mol. The van der Waals surface area contributed by atoms with E-state index in [1.165, 1.54) is 5.56 Å². The number of likely N-dealkylation sites (N-methyl/N-ethyl adjacent to an activating group) is 1. The average molecular weight is 513 g/mol. The first-order valence-corrected chi connectivity index (χ1v) is 13.0. The summed E-state index contributed by atoms with van der Waals surface area (Å²) in [6, 6.07) is 12.1. The van der Waals surface area contributed by atoms with Crippen LogP contribution in [0.2, 0.25) is 0 Å². The Kier molecular flexibility index (Phi) is 6.52. The summed E-state index contributed by atoms with van der Waals surface area (Å²) in [5.74, 6) is 0.909. The topological polar surface area (TPSA) is 104 Å². The molecule has 1 saturated heterocycles. The molecule has 10 nitrogen and oxygen atoms in total. The van der Waals surface area contributed by atoms with Crippen molar-refractivity contribution in [1.82, 2.24) is 34.1 Å². The normalized spacial score (nSPS) is 18.1. The first-order chi connectivity index (χ1) is 18.5. The van der Waals surface area contributed by atoms with Gasteiger partial charge < -0.3 is 15.3 Å². The van der Waals surface area contributed by atoms with Crippen molar-refractivity contribution in [3.05, 3.63) is 82.4 Å². The summed E-state index contributed by atoms with van der Waals surface area (Å²) < 4.78 is 3.23. The highest BCUT2D eigenvalue weighted by Crippen LogP contribution is 2.30. The predicted octanol–water partition coefficient (Wildman–Crippen LogP) is 2.63. The summed E-state index contributed by atoms with van der Waals surface area (Å²) >= 11 is 0. The van der Waals surface area contributed by atoms with Crippen LogP contribution in [0.15, 0.2) is 60.0 Å². The van der Waals surface area contributed by atoms with E-state index in [1.807, 2.05) is 24.3 Å². The standard InChI is InChI=1S/C28H32N8O2/c1-3-12-35-27(38)22-17-29-28(30-21-8-4-19(5-9-21)18-34-15-13-33(2)14-16-34)32-26(22)36(35)24-11-7-20-6-10-23(37)25(20)31-24/h3-5,7-9,11,17,23,37H,1,6,10,12-16,18H2,2H3,(H,29,30,32). The van der Waals surface area contributed by atoms with E-state index in [9.17, 15) is 9.90 Å². The molecule has 2 N–H and O–H groups in total. The summed E-state index contributed by atoms with van der Waals surface area (Å²) in [5.41, 5.74) is 4.04. The van der Waals surface area contributed by atoms with Crippen molar-refractivity contribution in [2.75, 3.05) is 38.5 Å². The zero-order valence-electron chi connectivity index (χ0n) is 21.5. The highest BCUT2D eigenvalue weighted by atomic mass is 16.3. The highest BCUT2D eigenvalue weighted by Gasteiger charge is 2.24. The van der Waals surface area contributed by atoms with Gasteiger partial charge in [-0.25, -0.2) is 19.3 Å². The molecular formula is C28H32N8O2. The maximum Gasteiger partial charge on any atom is 0.278 e. The SMILES string of the molecule is C=CCn1c(=O)c2cnc(Nc3ccc(CN4CCN(C)CC4)cc3)nc2n1-c1ccc2c(n1)C(O)CC2. The van der Waals surface area contributed by atoms with Gasteiger partial charge in [0.2, 0.25) is 5.95 Å². The van der Waals surface area contributed by atoms with Crippen LogP contribution in [0.4, 0.5) is 11.6 Å². The van der Waals surface area contributed by atoms with Crippen LogP contribution in [-0.2, 0) is 19.5 Å². The van der Waals surface area contributed by atoms with Gasteiger partial charge in [0.05, 0.1) is 18.3 Å². The van der Waals surface area contributed by atoms with Gasteiger partial charge in [-0.3, -0.25) is 9.69 Å². The maximum absolute atomic E-state index is 13.2. The molecule has 10 heteroatoms. The lowest BCUT2D eigenvalue weighted by molar-refractivity contribution is 0.148. The van der Waals surface area contributed by atoms with Gasteiger partial charge in [0.1, 0.15) is 5.39 Å². The van der Waals surface area contributed by atoms with E-state index in [2.05, 4.69) is 45.9 Å². The molecule has 1 atom stereocenters. The van der Waals surface area contributed by atoms with Gasteiger partial charge in [-0.2, -0.15) is 4.98 Å². The van der Waals surface area contributed by atoms with Gasteiger partial charge in [0.15, 0.2) is 11.5 Å². The molecule has 38 heavy (non-hydrogen) atoms. The molecule has 4 heterocycles. The Morgan fingerprint density at radius 2 is 1.89 bits per heavy atom. The minimum Gasteiger partial charge on any atom is -0.387 e. The number of aryl methyl sites for hydroxylation is 1. The van der Waals surface area contributed by atoms with Crippen molar-refractivity contribution >= 4 is 22.7 Å². The number of aromatic nitrogens is 5. The number of allylic oxidation sites excluding steroid dienone is 1. The monoisotopic (exact) mass is 512 g/mol. The number of nitrogens with zero attached hydrogens (tertiary/aromatic N) is 7. The lowest BCUT2D eigenvalue weighted by Crippen LogP contribution is -2.43. The Morgan fingerprint density at radius 1 is 1.11 bits per heavy atom. The molecule has 196 valence electrons. The number of fused-ring (bicyclic) bond motifs is 2. The van der Waals surface area contributed by atoms with E-state index < -0.39 is 6.10 Å². The van der Waals surface area contributed by atoms with Crippen molar-refractivity contribution in [3.8, 4) is 5.82 Å². The van der Waals surface area contributed by atoms with E-state index in [-0.39, 0.29) is 12.1 Å². The first-order valence-electron chi connectivity index (χ1n) is 13.0. The summed E-state index contributed by atoms with van der Waals surface area (Å²) in [6.07, 6.45) is 4.06. The smallest absolute Gasteiger partial charge is 0.278 e. The predicted molar refractivity (Wildman–Crippen MR) is 147 cm³/mol. The molecule has 2 aliphatic rings. The third kappa shape index (κ3) is 4.62. The van der Waals surface area contributed by atoms with Crippen LogP contribution in [0.1, 0.15) is 29.3 Å². The van der Waals surface area contributed by atoms with Crippen LogP contribution >= 0.6 is 0 Å². The lowest BCUT2D eigenvalue weighted by Gasteiger charge is -2.32. The zero-order valence-corrected chi connectivity index (χ0v) is 21.5. The largest absolute Gasteiger partial charge is 0.387 e. The fraction of sp³-hybridized carbons (Fsp3) is 0.357. The highest BCUT2D eigenvalue weighted by molar-refractivity contribution is 5.77. The number of anilines is 2. The fourth-order valence-corrected chi connectivity index (χ4v) is 5.24. The summed E-state index contributed by atoms with van der Waals surface area (Å²) in [5, 5.41) is 14.0. The molecule has 0 saturated carbocycles. The summed E-state index contributed by atoms with van der Waals surface area (Å²) in [6.45, 7) is 9.38. The van der Waals surface area contributed by atoms with Gasteiger partial charge >= 0.3 is 0 Å². The quantitative estimate of drug-likeness (QED) is 0.364. The Balaban J connectivity index is 1.30. The third-order valence-corrected chi connectivity index (χ3v) is 7.41. The maximum atomic E-state index is 13.2. The van der Waals surface area contributed by atoms with E-state index in [0.29, 0.717) is 34.9 Å². The van der Waals surface area contributed by atoms with Crippen molar-refractivity contribution in [1.29, 1.82) is 0 Å². The van der Waals surface area contributed by atoms with E-state index >= 15 is 0 Å². The van der Waals surface area contributed by atoms with Crippen LogP contribution in [-0.4, -0.2) is 72.4 Å². The number of aliphatic hydroxyl groups is 1. The van der Waals surface area contributed by atoms with Gasteiger partial charge in [-0.15, -0.1) is 6.58 Å². The molecule has 1 aliphatic heterocycles. The number of pyridine rings is 1. The molecule has 4 aromatic rings. The molecule has 1 aliphatic carbocycles. The zero-order chi connectivity index (χ0) is 26.2. The molecule has 0 spiro atoms. The van der Waals surface area contributed by atoms with E-state index in [1.54, 1.807) is 21.6 Å². The van der Waals surface area contributed by atoms with Gasteiger partial charge in [0, 0.05) is 44.6 Å². The summed E-state index contributed by atoms with van der Waals surface area (Å²) in [4.78, 5) is 31.9. The number of rotatable bonds is 7. The average Bonchev–Trinajstić information content (AvgIpc) is 3.43. The lowest BCUT2D eigenvalue weighted by atomic mass is 10.2. The molecule has 0 bridgehead atoms. The number of piperazine rings is 1. The molecule has 0 amide bonds. The minimum absolute atomic E-state index is 0.220. The molecule has 1 unspecified atom stereocenters. The Hall–Kier alpha value is -3.86. The van der Waals surface area contributed by atoms with Gasteiger partial charge in [0.25, 0.3) is 5.56 Å². The van der Waals surface area contributed by atoms with Crippen LogP contribution in [0.5, 0.6) is 0 Å². The molecule has 6 rings (SSSR count). The Bertz CT molecular complexity index is 1530. The molecule has 1 aromatic carbocycles. The third-order valence-electron chi connectivity index (χ3n) is 7.41. The van der Waals surface area contributed by atoms with Crippen molar-refractivity contribution in [2.24, 2.45) is 0 Å². The Morgan fingerprint density at radius 3 is 2.66 bits per heavy atom. The second-order valence-electron chi connectivity index (χ2n) is 10.1. The number of hydrogen-bond donors (Lipinski definition) is 2. The molecule has 0 radical (unpaired) electrons. The van der Waals surface area contributed by atoms with Crippen LogP contribution in [0.3, 0.4) is 0 Å². The first kappa shape index (κ1) is 24.5. The minimum atomic E-state index is -0.600. The van der Waals surface area contributed by atoms with Crippen molar-refractivity contribution < 1.29 is 5.11 Å². The second-order valence-corrected chi connectivity index (χ2v) is 10.1. The van der Waals surface area contributed by atoms with Gasteiger partial charge in [-0.05, 0) is 49.2 Å². The number of benzene rings is 1. The molecule has 3 aromatic heterocycles. The van der Waals surface area contributed by atoms with Crippen LogP contribution < -0.4 is 10.9 Å². The van der Waals surface area contributed by atoms with Crippen LogP contribution in [0, 0.1) is 0 Å². The van der Waals surface area contributed by atoms with E-state index in [4.69, 9.17) is 9.97 Å². The summed E-state index contributed by atoms with van der Waals surface area (Å²) in [7, 11) is 2.16. The fourth-order valence-electron chi connectivity index (χ4n) is 5.24. The van der Waals surface area contributed by atoms with Gasteiger partial charge in [-0.1, -0.05) is 24.3 Å². The molecule has 1 fully saturated rings. The second kappa shape index (κ2) is 10.1.